The lowest BCUT2D eigenvalue weighted by Crippen LogP contribution is -2.34. The van der Waals surface area contributed by atoms with Crippen LogP contribution in [0, 0.1) is 11.7 Å². The van der Waals surface area contributed by atoms with Crippen LogP contribution in [0.25, 0.3) is 11.4 Å². The molecule has 3 aromatic rings. The van der Waals surface area contributed by atoms with E-state index in [0.29, 0.717) is 30.0 Å². The molecule has 178 valence electrons. The number of anilines is 3. The number of nitrogens with one attached hydrogen (secondary N) is 3. The van der Waals surface area contributed by atoms with Gasteiger partial charge in [0.25, 0.3) is 5.91 Å². The number of aromatic amines is 1. The van der Waals surface area contributed by atoms with Gasteiger partial charge < -0.3 is 25.3 Å². The minimum Gasteiger partial charge on any atom is -0.385 e. The molecular formula is C24H28FN7O2. The Labute approximate surface area is 197 Å². The van der Waals surface area contributed by atoms with Gasteiger partial charge >= 0.3 is 0 Å². The summed E-state index contributed by atoms with van der Waals surface area (Å²) in [7, 11) is 1.75. The van der Waals surface area contributed by atoms with Crippen LogP contribution >= 0.6 is 0 Å². The lowest BCUT2D eigenvalue weighted by Gasteiger charge is -2.33. The highest BCUT2D eigenvalue weighted by molar-refractivity contribution is 5.97. The van der Waals surface area contributed by atoms with Crippen molar-refractivity contribution in [1.29, 1.82) is 0 Å². The number of nitrogens with zero attached hydrogens (tertiary/aromatic N) is 4. The summed E-state index contributed by atoms with van der Waals surface area (Å²) < 4.78 is 19.7. The summed E-state index contributed by atoms with van der Waals surface area (Å²) in [6.07, 6.45) is 7.04. The Kier molecular flexibility index (Phi) is 6.39. The highest BCUT2D eigenvalue weighted by Crippen LogP contribution is 2.27. The van der Waals surface area contributed by atoms with Gasteiger partial charge in [-0.15, -0.1) is 0 Å². The van der Waals surface area contributed by atoms with Gasteiger partial charge in [0.05, 0.1) is 29.3 Å². The minimum absolute atomic E-state index is 0.104. The molecule has 0 atom stereocenters. The molecule has 3 aromatic heterocycles. The Balaban J connectivity index is 1.26. The summed E-state index contributed by atoms with van der Waals surface area (Å²) in [6, 6.07) is 5.52. The van der Waals surface area contributed by atoms with E-state index < -0.39 is 5.82 Å². The predicted octanol–water partition coefficient (Wildman–Crippen LogP) is 3.29. The number of amides is 1. The molecule has 0 bridgehead atoms. The van der Waals surface area contributed by atoms with Gasteiger partial charge in [0.2, 0.25) is 5.95 Å². The van der Waals surface area contributed by atoms with E-state index in [4.69, 9.17) is 4.74 Å². The summed E-state index contributed by atoms with van der Waals surface area (Å²) in [5.74, 6) is 0.783. The molecule has 1 fully saturated rings. The van der Waals surface area contributed by atoms with E-state index in [-0.39, 0.29) is 17.5 Å². The Morgan fingerprint density at radius 3 is 2.82 bits per heavy atom. The zero-order chi connectivity index (χ0) is 23.5. The molecule has 2 aliphatic heterocycles. The number of ether oxygens (including phenoxy) is 1. The van der Waals surface area contributed by atoms with Crippen LogP contribution in [0.5, 0.6) is 0 Å². The molecule has 0 spiro atoms. The van der Waals surface area contributed by atoms with Crippen molar-refractivity contribution in [2.75, 3.05) is 43.6 Å². The van der Waals surface area contributed by atoms with Gasteiger partial charge in [-0.05, 0) is 43.4 Å². The van der Waals surface area contributed by atoms with Crippen LogP contribution in [0.1, 0.15) is 35.3 Å². The fourth-order valence-electron chi connectivity index (χ4n) is 4.56. The van der Waals surface area contributed by atoms with Gasteiger partial charge in [-0.25, -0.2) is 19.3 Å². The third-order valence-corrected chi connectivity index (χ3v) is 6.50. The van der Waals surface area contributed by atoms with Gasteiger partial charge in [-0.3, -0.25) is 4.79 Å². The number of methoxy groups -OCH3 is 1. The SMILES string of the molecule is COCCC1CCN(c2ccc(Nc3ncc(F)c(-c4cc5c([nH]4)CCNC5=O)n3)nc2)CC1. The van der Waals surface area contributed by atoms with Crippen molar-refractivity contribution < 1.29 is 13.9 Å². The summed E-state index contributed by atoms with van der Waals surface area (Å²) >= 11 is 0. The third kappa shape index (κ3) is 4.72. The van der Waals surface area contributed by atoms with E-state index in [2.05, 4.69) is 35.5 Å². The average Bonchev–Trinajstić information content (AvgIpc) is 3.30. The highest BCUT2D eigenvalue weighted by Gasteiger charge is 2.22. The van der Waals surface area contributed by atoms with Gasteiger partial charge in [0.15, 0.2) is 5.82 Å². The molecule has 1 amide bonds. The van der Waals surface area contributed by atoms with Gasteiger partial charge in [-0.1, -0.05) is 0 Å². The zero-order valence-corrected chi connectivity index (χ0v) is 19.1. The molecule has 9 nitrogen and oxygen atoms in total. The van der Waals surface area contributed by atoms with Crippen LogP contribution in [0.2, 0.25) is 0 Å². The van der Waals surface area contributed by atoms with E-state index in [1.54, 1.807) is 13.2 Å². The Bertz CT molecular complexity index is 1160. The molecule has 34 heavy (non-hydrogen) atoms. The van der Waals surface area contributed by atoms with Crippen LogP contribution in [0.4, 0.5) is 21.8 Å². The molecule has 0 unspecified atom stereocenters. The fourth-order valence-corrected chi connectivity index (χ4v) is 4.56. The zero-order valence-electron chi connectivity index (χ0n) is 19.1. The van der Waals surface area contributed by atoms with Gasteiger partial charge in [0, 0.05) is 45.5 Å². The number of pyridine rings is 1. The van der Waals surface area contributed by atoms with Crippen LogP contribution in [0.3, 0.4) is 0 Å². The van der Waals surface area contributed by atoms with E-state index in [0.717, 1.165) is 62.5 Å². The van der Waals surface area contributed by atoms with Crippen molar-refractivity contribution in [3.8, 4) is 11.4 Å². The van der Waals surface area contributed by atoms with E-state index in [1.807, 2.05) is 18.3 Å². The standard InChI is InChI=1S/C24H28FN7O2/c1-34-11-7-15-5-9-32(10-6-15)16-2-3-21(27-13-16)30-24-28-14-18(25)22(31-24)20-12-17-19(29-20)4-8-26-23(17)33/h2-3,12-15,29H,4-11H2,1H3,(H,26,33)(H,27,28,30,31). The van der Waals surface area contributed by atoms with Crippen LogP contribution < -0.4 is 15.5 Å². The molecule has 0 aliphatic carbocycles. The van der Waals surface area contributed by atoms with Crippen molar-refractivity contribution in [2.45, 2.75) is 25.7 Å². The summed E-state index contributed by atoms with van der Waals surface area (Å²) in [4.78, 5) is 30.4. The topological polar surface area (TPSA) is 108 Å². The number of H-pyrrole nitrogens is 1. The molecule has 0 saturated carbocycles. The number of carbonyl (C=O) groups excluding carboxylic acids is 1. The Morgan fingerprint density at radius 1 is 1.24 bits per heavy atom. The lowest BCUT2D eigenvalue weighted by molar-refractivity contribution is 0.0946. The minimum atomic E-state index is -0.568. The van der Waals surface area contributed by atoms with Crippen molar-refractivity contribution >= 4 is 23.4 Å². The van der Waals surface area contributed by atoms with E-state index in [1.165, 1.54) is 0 Å². The number of halogens is 1. The van der Waals surface area contributed by atoms with Crippen molar-refractivity contribution in [1.82, 2.24) is 25.3 Å². The molecule has 5 rings (SSSR count). The summed E-state index contributed by atoms with van der Waals surface area (Å²) in [5.41, 5.74) is 2.93. The number of rotatable bonds is 7. The van der Waals surface area contributed by atoms with Crippen LogP contribution in [-0.4, -0.2) is 59.2 Å². The third-order valence-electron chi connectivity index (χ3n) is 6.50. The number of fused-ring (bicyclic) bond motifs is 1. The Hall–Kier alpha value is -3.53. The molecular weight excluding hydrogens is 437 g/mol. The first-order valence-corrected chi connectivity index (χ1v) is 11.6. The predicted molar refractivity (Wildman–Crippen MR) is 127 cm³/mol. The first-order valence-electron chi connectivity index (χ1n) is 11.6. The fraction of sp³-hybridized carbons (Fsp3) is 0.417. The molecule has 10 heteroatoms. The lowest BCUT2D eigenvalue weighted by atomic mass is 9.94. The number of piperidine rings is 1. The number of hydrogen-bond acceptors (Lipinski definition) is 7. The second-order valence-electron chi connectivity index (χ2n) is 8.71. The quantitative estimate of drug-likeness (QED) is 0.491. The maximum Gasteiger partial charge on any atom is 0.253 e. The maximum atomic E-state index is 14.5. The van der Waals surface area contributed by atoms with Gasteiger partial charge in [0.1, 0.15) is 11.5 Å². The number of aromatic nitrogens is 4. The second-order valence-corrected chi connectivity index (χ2v) is 8.71. The second kappa shape index (κ2) is 9.76. The maximum absolute atomic E-state index is 14.5. The highest BCUT2D eigenvalue weighted by atomic mass is 19.1. The molecule has 1 saturated heterocycles. The monoisotopic (exact) mass is 465 g/mol. The van der Waals surface area contributed by atoms with Gasteiger partial charge in [-0.2, -0.15) is 0 Å². The summed E-state index contributed by atoms with van der Waals surface area (Å²) in [5, 5.41) is 5.83. The van der Waals surface area contributed by atoms with Crippen LogP contribution in [-0.2, 0) is 11.2 Å². The van der Waals surface area contributed by atoms with Crippen molar-refractivity contribution in [3.05, 3.63) is 47.7 Å². The normalized spacial score (nSPS) is 16.3. The molecule has 5 heterocycles. The Morgan fingerprint density at radius 2 is 2.09 bits per heavy atom. The van der Waals surface area contributed by atoms with Crippen molar-refractivity contribution in [3.63, 3.8) is 0 Å². The number of hydrogen-bond donors (Lipinski definition) is 3. The van der Waals surface area contributed by atoms with E-state index >= 15 is 0 Å². The molecule has 2 aliphatic rings. The molecule has 0 aromatic carbocycles. The van der Waals surface area contributed by atoms with Crippen molar-refractivity contribution in [2.24, 2.45) is 5.92 Å². The van der Waals surface area contributed by atoms with E-state index in [9.17, 15) is 9.18 Å². The summed E-state index contributed by atoms with van der Waals surface area (Å²) in [6.45, 7) is 3.39. The first-order chi connectivity index (χ1) is 16.6. The first kappa shape index (κ1) is 22.3. The molecule has 3 N–H and O–H groups in total. The smallest absolute Gasteiger partial charge is 0.253 e. The largest absolute Gasteiger partial charge is 0.385 e. The number of carbonyl (C=O) groups is 1. The molecule has 0 radical (unpaired) electrons. The van der Waals surface area contributed by atoms with Crippen LogP contribution in [0.15, 0.2) is 30.6 Å². The average molecular weight is 466 g/mol.